The van der Waals surface area contributed by atoms with Crippen LogP contribution in [0.25, 0.3) is 0 Å². The number of amides is 1. The summed E-state index contributed by atoms with van der Waals surface area (Å²) in [6.07, 6.45) is 1.54. The number of esters is 1. The molecule has 0 aliphatic heterocycles. The van der Waals surface area contributed by atoms with Crippen LogP contribution >= 0.6 is 0 Å². The Labute approximate surface area is 124 Å². The second-order valence-corrected chi connectivity index (χ2v) is 5.34. The number of hydrogen-bond donors (Lipinski definition) is 1. The lowest BCUT2D eigenvalue weighted by Crippen LogP contribution is -2.30. The van der Waals surface area contributed by atoms with Crippen molar-refractivity contribution in [2.75, 3.05) is 20.3 Å². The number of benzene rings is 1. The molecule has 0 radical (unpaired) electrons. The average molecular weight is 291 g/mol. The Bertz CT molecular complexity index is 515. The van der Waals surface area contributed by atoms with E-state index in [1.54, 1.807) is 7.11 Å². The van der Waals surface area contributed by atoms with Gasteiger partial charge in [0.2, 0.25) is 0 Å². The Morgan fingerprint density at radius 3 is 2.71 bits per heavy atom. The Kier molecular flexibility index (Phi) is 5.20. The summed E-state index contributed by atoms with van der Waals surface area (Å²) in [5.74, 6) is 0.660. The van der Waals surface area contributed by atoms with Crippen molar-refractivity contribution in [3.63, 3.8) is 0 Å². The first-order chi connectivity index (χ1) is 10.1. The summed E-state index contributed by atoms with van der Waals surface area (Å²) in [7, 11) is 1.62. The predicted molar refractivity (Wildman–Crippen MR) is 77.9 cm³/mol. The van der Waals surface area contributed by atoms with Gasteiger partial charge in [-0.15, -0.1) is 0 Å². The maximum atomic E-state index is 11.6. The standard InChI is InChI=1S/C16H21NO4/c1-11-9-13(11)16(19)21-10-15(18)17-8-7-12-5-3-4-6-14(12)20-2/h3-6,11,13H,7-10H2,1-2H3,(H,17,18)/t11-,13-/m1/s1. The third-order valence-electron chi connectivity index (χ3n) is 3.67. The second kappa shape index (κ2) is 7.11. The van der Waals surface area contributed by atoms with E-state index in [9.17, 15) is 9.59 Å². The molecule has 0 heterocycles. The maximum absolute atomic E-state index is 11.6. The second-order valence-electron chi connectivity index (χ2n) is 5.34. The zero-order chi connectivity index (χ0) is 15.2. The molecule has 5 nitrogen and oxygen atoms in total. The molecule has 1 aliphatic rings. The number of para-hydroxylation sites is 1. The van der Waals surface area contributed by atoms with Crippen molar-refractivity contribution in [1.29, 1.82) is 0 Å². The van der Waals surface area contributed by atoms with E-state index in [0.717, 1.165) is 17.7 Å². The van der Waals surface area contributed by atoms with Crippen LogP contribution in [0.1, 0.15) is 18.9 Å². The molecule has 1 aromatic carbocycles. The van der Waals surface area contributed by atoms with Crippen molar-refractivity contribution in [2.24, 2.45) is 11.8 Å². The third-order valence-corrected chi connectivity index (χ3v) is 3.67. The minimum Gasteiger partial charge on any atom is -0.496 e. The van der Waals surface area contributed by atoms with Crippen LogP contribution in [0.2, 0.25) is 0 Å². The van der Waals surface area contributed by atoms with E-state index in [2.05, 4.69) is 5.32 Å². The quantitative estimate of drug-likeness (QED) is 0.774. The smallest absolute Gasteiger partial charge is 0.309 e. The van der Waals surface area contributed by atoms with Crippen molar-refractivity contribution in [1.82, 2.24) is 5.32 Å². The minimum absolute atomic E-state index is 0.00798. The van der Waals surface area contributed by atoms with E-state index < -0.39 is 0 Å². The molecule has 0 unspecified atom stereocenters. The van der Waals surface area contributed by atoms with E-state index in [-0.39, 0.29) is 24.4 Å². The number of hydrogen-bond acceptors (Lipinski definition) is 4. The van der Waals surface area contributed by atoms with Gasteiger partial charge in [-0.05, 0) is 30.4 Å². The summed E-state index contributed by atoms with van der Waals surface area (Å²) in [4.78, 5) is 23.1. The monoisotopic (exact) mass is 291 g/mol. The van der Waals surface area contributed by atoms with E-state index in [1.165, 1.54) is 0 Å². The Hall–Kier alpha value is -2.04. The van der Waals surface area contributed by atoms with Crippen molar-refractivity contribution < 1.29 is 19.1 Å². The summed E-state index contributed by atoms with van der Waals surface area (Å²) < 4.78 is 10.2. The first kappa shape index (κ1) is 15.4. The summed E-state index contributed by atoms with van der Waals surface area (Å²) in [6.45, 7) is 2.28. The molecule has 0 spiro atoms. The van der Waals surface area contributed by atoms with Crippen LogP contribution < -0.4 is 10.1 Å². The molecule has 1 fully saturated rings. The number of carbonyl (C=O) groups is 2. The zero-order valence-corrected chi connectivity index (χ0v) is 12.4. The molecule has 0 saturated heterocycles. The molecule has 0 aromatic heterocycles. The van der Waals surface area contributed by atoms with Crippen LogP contribution in [0.5, 0.6) is 5.75 Å². The lowest BCUT2D eigenvalue weighted by molar-refractivity contribution is -0.150. The van der Waals surface area contributed by atoms with E-state index in [4.69, 9.17) is 9.47 Å². The lowest BCUT2D eigenvalue weighted by atomic mass is 10.1. The van der Waals surface area contributed by atoms with Crippen molar-refractivity contribution >= 4 is 11.9 Å². The Balaban J connectivity index is 1.66. The summed E-state index contributed by atoms with van der Waals surface area (Å²) >= 11 is 0. The number of carbonyl (C=O) groups excluding carboxylic acids is 2. The van der Waals surface area contributed by atoms with Gasteiger partial charge in [-0.1, -0.05) is 25.1 Å². The van der Waals surface area contributed by atoms with Gasteiger partial charge in [-0.3, -0.25) is 9.59 Å². The number of ether oxygens (including phenoxy) is 2. The van der Waals surface area contributed by atoms with Gasteiger partial charge >= 0.3 is 5.97 Å². The molecule has 1 aliphatic carbocycles. The van der Waals surface area contributed by atoms with Gasteiger partial charge in [0.05, 0.1) is 13.0 Å². The Morgan fingerprint density at radius 2 is 2.05 bits per heavy atom. The van der Waals surface area contributed by atoms with Gasteiger partial charge in [-0.2, -0.15) is 0 Å². The fourth-order valence-corrected chi connectivity index (χ4v) is 2.19. The summed E-state index contributed by atoms with van der Waals surface area (Å²) in [6, 6.07) is 7.67. The highest BCUT2D eigenvalue weighted by atomic mass is 16.5. The molecule has 1 amide bonds. The van der Waals surface area contributed by atoms with Crippen LogP contribution in [0, 0.1) is 11.8 Å². The van der Waals surface area contributed by atoms with Gasteiger partial charge < -0.3 is 14.8 Å². The third kappa shape index (κ3) is 4.48. The molecule has 1 aromatic rings. The van der Waals surface area contributed by atoms with Crippen molar-refractivity contribution in [3.05, 3.63) is 29.8 Å². The van der Waals surface area contributed by atoms with E-state index in [0.29, 0.717) is 18.9 Å². The number of methoxy groups -OCH3 is 1. The van der Waals surface area contributed by atoms with Gasteiger partial charge in [-0.25, -0.2) is 0 Å². The van der Waals surface area contributed by atoms with Crippen molar-refractivity contribution in [2.45, 2.75) is 19.8 Å². The normalized spacial score (nSPS) is 19.7. The molecular weight excluding hydrogens is 270 g/mol. The number of nitrogens with one attached hydrogen (secondary N) is 1. The summed E-state index contributed by atoms with van der Waals surface area (Å²) in [5, 5.41) is 2.74. The van der Waals surface area contributed by atoms with Gasteiger partial charge in [0, 0.05) is 6.54 Å². The predicted octanol–water partition coefficient (Wildman–Crippen LogP) is 1.55. The first-order valence-corrected chi connectivity index (χ1v) is 7.17. The maximum Gasteiger partial charge on any atom is 0.309 e. The highest BCUT2D eigenvalue weighted by Gasteiger charge is 2.40. The fourth-order valence-electron chi connectivity index (χ4n) is 2.19. The van der Waals surface area contributed by atoms with E-state index in [1.807, 2.05) is 31.2 Å². The van der Waals surface area contributed by atoms with Crippen LogP contribution in [0.15, 0.2) is 24.3 Å². The van der Waals surface area contributed by atoms with Crippen LogP contribution in [0.4, 0.5) is 0 Å². The van der Waals surface area contributed by atoms with Crippen LogP contribution in [0.3, 0.4) is 0 Å². The zero-order valence-electron chi connectivity index (χ0n) is 12.4. The number of rotatable bonds is 7. The van der Waals surface area contributed by atoms with Gasteiger partial charge in [0.15, 0.2) is 6.61 Å². The highest BCUT2D eigenvalue weighted by molar-refractivity contribution is 5.82. The van der Waals surface area contributed by atoms with Crippen LogP contribution in [-0.4, -0.2) is 32.1 Å². The molecule has 1 saturated carbocycles. The average Bonchev–Trinajstić information content (AvgIpc) is 3.22. The highest BCUT2D eigenvalue weighted by Crippen LogP contribution is 2.38. The largest absolute Gasteiger partial charge is 0.496 e. The SMILES string of the molecule is COc1ccccc1CCNC(=O)COC(=O)[C@@H]1C[C@H]1C. The lowest BCUT2D eigenvalue weighted by Gasteiger charge is -2.09. The van der Waals surface area contributed by atoms with E-state index >= 15 is 0 Å². The molecular formula is C16H21NO4. The topological polar surface area (TPSA) is 64.6 Å². The molecule has 5 heteroatoms. The Morgan fingerprint density at radius 1 is 1.33 bits per heavy atom. The first-order valence-electron chi connectivity index (χ1n) is 7.17. The van der Waals surface area contributed by atoms with Gasteiger partial charge in [0.25, 0.3) is 5.91 Å². The minimum atomic E-state index is -0.272. The van der Waals surface area contributed by atoms with Gasteiger partial charge in [0.1, 0.15) is 5.75 Å². The molecule has 114 valence electrons. The molecule has 1 N–H and O–H groups in total. The molecule has 21 heavy (non-hydrogen) atoms. The van der Waals surface area contributed by atoms with Crippen LogP contribution in [-0.2, 0) is 20.7 Å². The molecule has 2 atom stereocenters. The fraction of sp³-hybridized carbons (Fsp3) is 0.500. The summed E-state index contributed by atoms with van der Waals surface area (Å²) in [5.41, 5.74) is 1.03. The van der Waals surface area contributed by atoms with Crippen molar-refractivity contribution in [3.8, 4) is 5.75 Å². The molecule has 2 rings (SSSR count). The molecule has 0 bridgehead atoms.